The Morgan fingerprint density at radius 1 is 1.52 bits per heavy atom. The van der Waals surface area contributed by atoms with Crippen LogP contribution in [-0.2, 0) is 6.54 Å². The lowest BCUT2D eigenvalue weighted by molar-refractivity contribution is 0.0730. The van der Waals surface area contributed by atoms with Crippen LogP contribution < -0.4 is 5.73 Å². The van der Waals surface area contributed by atoms with Crippen LogP contribution in [0.2, 0.25) is 0 Å². The molecular formula is C15H16BrN3OS. The second kappa shape index (κ2) is 6.25. The number of benzene rings is 1. The van der Waals surface area contributed by atoms with Crippen molar-refractivity contribution in [2.45, 2.75) is 25.4 Å². The predicted molar refractivity (Wildman–Crippen MR) is 87.2 cm³/mol. The number of thiazole rings is 1. The average Bonchev–Trinajstić information content (AvgIpc) is 3.15. The molecule has 2 aromatic rings. The molecule has 1 aromatic heterocycles. The van der Waals surface area contributed by atoms with Crippen LogP contribution in [0.25, 0.3) is 0 Å². The fourth-order valence-electron chi connectivity index (χ4n) is 2.72. The maximum atomic E-state index is 12.7. The van der Waals surface area contributed by atoms with Gasteiger partial charge in [0.2, 0.25) is 0 Å². The third kappa shape index (κ3) is 3.02. The van der Waals surface area contributed by atoms with Crippen LogP contribution in [0.5, 0.6) is 0 Å². The number of carbonyl (C=O) groups is 1. The highest BCUT2D eigenvalue weighted by Crippen LogP contribution is 2.34. The van der Waals surface area contributed by atoms with E-state index in [9.17, 15) is 4.79 Å². The number of likely N-dealkylation sites (tertiary alicyclic amines) is 1. The molecule has 1 aromatic carbocycles. The Morgan fingerprint density at radius 2 is 2.38 bits per heavy atom. The van der Waals surface area contributed by atoms with Crippen molar-refractivity contribution in [3.63, 3.8) is 0 Å². The van der Waals surface area contributed by atoms with Gasteiger partial charge in [-0.2, -0.15) is 0 Å². The van der Waals surface area contributed by atoms with Gasteiger partial charge >= 0.3 is 0 Å². The lowest BCUT2D eigenvalue weighted by Gasteiger charge is -2.24. The smallest absolute Gasteiger partial charge is 0.273 e. The molecule has 1 saturated heterocycles. The van der Waals surface area contributed by atoms with Crippen LogP contribution in [-0.4, -0.2) is 22.3 Å². The average molecular weight is 366 g/mol. The zero-order valence-corrected chi connectivity index (χ0v) is 13.9. The monoisotopic (exact) mass is 365 g/mol. The molecule has 1 unspecified atom stereocenters. The summed E-state index contributed by atoms with van der Waals surface area (Å²) in [5, 5.41) is 2.61. The van der Waals surface area contributed by atoms with Crippen molar-refractivity contribution in [3.05, 3.63) is 50.4 Å². The molecule has 2 N–H and O–H groups in total. The topological polar surface area (TPSA) is 59.2 Å². The summed E-state index contributed by atoms with van der Waals surface area (Å²) in [7, 11) is 0. The van der Waals surface area contributed by atoms with Crippen molar-refractivity contribution in [2.24, 2.45) is 5.73 Å². The van der Waals surface area contributed by atoms with Crippen LogP contribution in [0, 0.1) is 0 Å². The minimum absolute atomic E-state index is 0.00780. The van der Waals surface area contributed by atoms with E-state index in [2.05, 4.69) is 33.0 Å². The molecule has 0 radical (unpaired) electrons. The van der Waals surface area contributed by atoms with E-state index >= 15 is 0 Å². The van der Waals surface area contributed by atoms with Gasteiger partial charge in [0.05, 0.1) is 6.04 Å². The Morgan fingerprint density at radius 3 is 3.10 bits per heavy atom. The molecule has 1 aliphatic heterocycles. The van der Waals surface area contributed by atoms with E-state index in [0.717, 1.165) is 28.9 Å². The lowest BCUT2D eigenvalue weighted by atomic mass is 10.0. The molecule has 0 spiro atoms. The maximum absolute atomic E-state index is 12.7. The van der Waals surface area contributed by atoms with Gasteiger partial charge in [-0.3, -0.25) is 4.79 Å². The zero-order valence-electron chi connectivity index (χ0n) is 11.5. The molecule has 21 heavy (non-hydrogen) atoms. The Labute approximate surface area is 136 Å². The van der Waals surface area contributed by atoms with Crippen molar-refractivity contribution < 1.29 is 4.79 Å². The quantitative estimate of drug-likeness (QED) is 0.907. The zero-order chi connectivity index (χ0) is 14.8. The summed E-state index contributed by atoms with van der Waals surface area (Å²) in [6.07, 6.45) is 2.02. The molecule has 110 valence electrons. The van der Waals surface area contributed by atoms with Crippen molar-refractivity contribution in [1.82, 2.24) is 9.88 Å². The third-order valence-corrected chi connectivity index (χ3v) is 5.06. The van der Waals surface area contributed by atoms with Crippen LogP contribution in [0.4, 0.5) is 0 Å². The molecule has 2 heterocycles. The van der Waals surface area contributed by atoms with Crippen molar-refractivity contribution in [1.29, 1.82) is 0 Å². The molecule has 3 rings (SSSR count). The Hall–Kier alpha value is -1.24. The van der Waals surface area contributed by atoms with Gasteiger partial charge in [0.1, 0.15) is 10.7 Å². The number of rotatable bonds is 3. The highest BCUT2D eigenvalue weighted by Gasteiger charge is 2.31. The summed E-state index contributed by atoms with van der Waals surface area (Å²) in [4.78, 5) is 18.9. The first-order chi connectivity index (χ1) is 10.2. The normalized spacial score (nSPS) is 18.2. The molecule has 0 saturated carbocycles. The molecule has 0 bridgehead atoms. The molecule has 1 fully saturated rings. The van der Waals surface area contributed by atoms with Gasteiger partial charge in [-0.15, -0.1) is 11.3 Å². The summed E-state index contributed by atoms with van der Waals surface area (Å²) in [6.45, 7) is 1.17. The number of amides is 1. The summed E-state index contributed by atoms with van der Waals surface area (Å²) >= 11 is 4.94. The van der Waals surface area contributed by atoms with Gasteiger partial charge in [-0.1, -0.05) is 28.1 Å². The summed E-state index contributed by atoms with van der Waals surface area (Å²) < 4.78 is 1.04. The number of nitrogens with two attached hydrogens (primary N) is 1. The molecular weight excluding hydrogens is 350 g/mol. The molecule has 1 aliphatic rings. The number of hydrogen-bond donors (Lipinski definition) is 1. The first-order valence-electron chi connectivity index (χ1n) is 6.90. The minimum Gasteiger partial charge on any atom is -0.330 e. The van der Waals surface area contributed by atoms with Crippen LogP contribution in [0.3, 0.4) is 0 Å². The highest BCUT2D eigenvalue weighted by atomic mass is 79.9. The Balaban J connectivity index is 1.85. The van der Waals surface area contributed by atoms with Gasteiger partial charge < -0.3 is 10.6 Å². The van der Waals surface area contributed by atoms with Gasteiger partial charge in [0.25, 0.3) is 5.91 Å². The second-order valence-corrected chi connectivity index (χ2v) is 6.90. The summed E-state index contributed by atoms with van der Waals surface area (Å²) in [6, 6.07) is 8.31. The van der Waals surface area contributed by atoms with E-state index in [0.29, 0.717) is 12.2 Å². The fraction of sp³-hybridized carbons (Fsp3) is 0.333. The molecule has 4 nitrogen and oxygen atoms in total. The number of nitrogens with zero attached hydrogens (tertiary/aromatic N) is 2. The third-order valence-electron chi connectivity index (χ3n) is 3.69. The van der Waals surface area contributed by atoms with Crippen LogP contribution in [0.15, 0.2) is 34.1 Å². The SMILES string of the molecule is NCc1nc(C(=O)N2CCCC2c2cccc(Br)c2)cs1. The van der Waals surface area contributed by atoms with E-state index in [1.807, 2.05) is 17.0 Å². The standard InChI is InChI=1S/C15H16BrN3OS/c16-11-4-1-3-10(7-11)13-5-2-6-19(13)15(20)12-9-21-14(8-17)18-12/h1,3-4,7,9,13H,2,5-6,8,17H2. The fourth-order valence-corrected chi connectivity index (χ4v) is 3.79. The first-order valence-corrected chi connectivity index (χ1v) is 8.57. The van der Waals surface area contributed by atoms with Gasteiger partial charge in [0.15, 0.2) is 0 Å². The Kier molecular flexibility index (Phi) is 4.37. The summed E-state index contributed by atoms with van der Waals surface area (Å²) in [5.41, 5.74) is 7.26. The van der Waals surface area contributed by atoms with Crippen molar-refractivity contribution >= 4 is 33.2 Å². The maximum Gasteiger partial charge on any atom is 0.273 e. The van der Waals surface area contributed by atoms with Crippen LogP contribution >= 0.6 is 27.3 Å². The molecule has 0 aliphatic carbocycles. The van der Waals surface area contributed by atoms with E-state index in [-0.39, 0.29) is 11.9 Å². The highest BCUT2D eigenvalue weighted by molar-refractivity contribution is 9.10. The van der Waals surface area contributed by atoms with Gasteiger partial charge in [-0.05, 0) is 30.5 Å². The van der Waals surface area contributed by atoms with E-state index in [1.54, 1.807) is 5.38 Å². The number of carbonyl (C=O) groups excluding carboxylic acids is 1. The second-order valence-electron chi connectivity index (χ2n) is 5.04. The Bertz CT molecular complexity index is 658. The first kappa shape index (κ1) is 14.7. The largest absolute Gasteiger partial charge is 0.330 e. The van der Waals surface area contributed by atoms with E-state index < -0.39 is 0 Å². The molecule has 1 atom stereocenters. The summed E-state index contributed by atoms with van der Waals surface area (Å²) in [5.74, 6) is 0.00780. The predicted octanol–water partition coefficient (Wildman–Crippen LogP) is 3.34. The lowest BCUT2D eigenvalue weighted by Crippen LogP contribution is -2.30. The number of aromatic nitrogens is 1. The van der Waals surface area contributed by atoms with E-state index in [4.69, 9.17) is 5.73 Å². The van der Waals surface area contributed by atoms with Crippen molar-refractivity contribution in [2.75, 3.05) is 6.54 Å². The minimum atomic E-state index is 0.00780. The van der Waals surface area contributed by atoms with Gasteiger partial charge in [0, 0.05) is 22.9 Å². The van der Waals surface area contributed by atoms with Crippen molar-refractivity contribution in [3.8, 4) is 0 Å². The molecule has 1 amide bonds. The van der Waals surface area contributed by atoms with Gasteiger partial charge in [-0.25, -0.2) is 4.98 Å². The number of hydrogen-bond acceptors (Lipinski definition) is 4. The molecule has 6 heteroatoms. The van der Waals surface area contributed by atoms with E-state index in [1.165, 1.54) is 16.9 Å². The number of halogens is 1. The van der Waals surface area contributed by atoms with Crippen LogP contribution in [0.1, 0.15) is 39.9 Å².